The lowest BCUT2D eigenvalue weighted by Gasteiger charge is -2.21. The van der Waals surface area contributed by atoms with Crippen LogP contribution in [0, 0.1) is 0 Å². The molecule has 0 bridgehead atoms. The topological polar surface area (TPSA) is 0 Å². The molecule has 0 aromatic heterocycles. The van der Waals surface area contributed by atoms with E-state index < -0.39 is 0 Å². The van der Waals surface area contributed by atoms with Gasteiger partial charge in [0, 0.05) is 0 Å². The van der Waals surface area contributed by atoms with E-state index in [4.69, 9.17) is 0 Å². The zero-order valence-corrected chi connectivity index (χ0v) is 66.0. The van der Waals surface area contributed by atoms with E-state index >= 15 is 0 Å². The van der Waals surface area contributed by atoms with Crippen molar-refractivity contribution >= 4 is 75.4 Å². The lowest BCUT2D eigenvalue weighted by atomic mass is 9.82. The van der Waals surface area contributed by atoms with Crippen LogP contribution in [0.15, 0.2) is 473 Å². The van der Waals surface area contributed by atoms with E-state index in [0.717, 1.165) is 0 Å². The van der Waals surface area contributed by atoms with Crippen LogP contribution in [-0.4, -0.2) is 0 Å². The smallest absolute Gasteiger partial charge is 0.00141 e. The summed E-state index contributed by atoms with van der Waals surface area (Å²) in [5.74, 6) is 0. The molecule has 0 amide bonds. The molecule has 0 N–H and O–H groups in total. The molecular formula is C120H78. The molecule has 0 spiro atoms. The van der Waals surface area contributed by atoms with Crippen LogP contribution in [0.3, 0.4) is 0 Å². The molecule has 120 heavy (non-hydrogen) atoms. The normalized spacial score (nSPS) is 11.5. The van der Waals surface area contributed by atoms with E-state index in [1.54, 1.807) is 0 Å². The molecule has 23 aromatic carbocycles. The van der Waals surface area contributed by atoms with Gasteiger partial charge in [-0.05, 0) is 249 Å². The largest absolute Gasteiger partial charge is 0.0622 e. The van der Waals surface area contributed by atoms with Crippen molar-refractivity contribution in [3.05, 3.63) is 473 Å². The van der Waals surface area contributed by atoms with Gasteiger partial charge in [0.1, 0.15) is 0 Å². The van der Waals surface area contributed by atoms with Crippen molar-refractivity contribution in [2.24, 2.45) is 0 Å². The summed E-state index contributed by atoms with van der Waals surface area (Å²) in [5, 5.41) is 17.8. The van der Waals surface area contributed by atoms with Crippen LogP contribution in [0.4, 0.5) is 0 Å². The second kappa shape index (κ2) is 30.5. The van der Waals surface area contributed by atoms with Crippen LogP contribution in [0.5, 0.6) is 0 Å². The number of benzene rings is 23. The molecule has 0 saturated carbocycles. The predicted octanol–water partition coefficient (Wildman–Crippen LogP) is 33.7. The van der Waals surface area contributed by atoms with Crippen LogP contribution in [0.1, 0.15) is 0 Å². The minimum Gasteiger partial charge on any atom is -0.0622 e. The third kappa shape index (κ3) is 12.8. The first-order chi connectivity index (χ1) is 59.5. The Bertz CT molecular complexity index is 7720. The Balaban J connectivity index is 0.000000144. The first-order valence-corrected chi connectivity index (χ1v) is 41.6. The molecule has 23 aromatic rings. The summed E-state index contributed by atoms with van der Waals surface area (Å²) in [6.45, 7) is 0. The summed E-state index contributed by atoms with van der Waals surface area (Å²) in [6, 6.07) is 174. The summed E-state index contributed by atoms with van der Waals surface area (Å²) in [7, 11) is 0. The second-order valence-electron chi connectivity index (χ2n) is 31.5. The Morgan fingerprint density at radius 2 is 0.292 bits per heavy atom. The minimum atomic E-state index is 1.20. The molecule has 0 heteroatoms. The number of hydrogen-bond donors (Lipinski definition) is 0. The van der Waals surface area contributed by atoms with E-state index in [1.807, 2.05) is 0 Å². The molecule has 0 fully saturated rings. The summed E-state index contributed by atoms with van der Waals surface area (Å²) in [4.78, 5) is 0. The van der Waals surface area contributed by atoms with Crippen molar-refractivity contribution in [2.45, 2.75) is 0 Å². The maximum Gasteiger partial charge on any atom is -0.00141 e. The van der Waals surface area contributed by atoms with E-state index in [0.29, 0.717) is 0 Å². The SMILES string of the molecule is c1ccc(-c2ccc(-c3ccccc3-c3ccc4ccc5c(-c6ccccc6-c6ccc(-c7ccccc7)cc6)cc(-c6ccc7ccccc7c6)c6ccc3c4c65)cc2)cc1.c1ccc(-c2ccc(-c3ccccc3-c3ccc4ccc5c(-c6ccccc6-c6ccc(-c7ccccc7)cc6)cc(-c6ccccc6)c6ccc3c4c65)cc2)cc1. The highest BCUT2D eigenvalue weighted by Gasteiger charge is 2.25. The first-order valence-electron chi connectivity index (χ1n) is 41.6. The molecule has 0 nitrogen and oxygen atoms in total. The van der Waals surface area contributed by atoms with Gasteiger partial charge in [0.2, 0.25) is 0 Å². The zero-order valence-electron chi connectivity index (χ0n) is 66.0. The van der Waals surface area contributed by atoms with Crippen LogP contribution in [0.2, 0.25) is 0 Å². The van der Waals surface area contributed by atoms with Gasteiger partial charge in [-0.2, -0.15) is 0 Å². The Kier molecular flexibility index (Phi) is 18.1. The monoisotopic (exact) mass is 1520 g/mol. The number of fused-ring (bicyclic) bond motifs is 1. The fraction of sp³-hybridized carbons (Fsp3) is 0. The van der Waals surface area contributed by atoms with Crippen LogP contribution >= 0.6 is 0 Å². The van der Waals surface area contributed by atoms with Gasteiger partial charge in [0.15, 0.2) is 0 Å². The van der Waals surface area contributed by atoms with Gasteiger partial charge in [-0.15, -0.1) is 0 Å². The van der Waals surface area contributed by atoms with E-state index in [-0.39, 0.29) is 0 Å². The Morgan fingerprint density at radius 3 is 0.633 bits per heavy atom. The van der Waals surface area contributed by atoms with Gasteiger partial charge in [-0.25, -0.2) is 0 Å². The fourth-order valence-corrected chi connectivity index (χ4v) is 18.9. The summed E-state index contributed by atoms with van der Waals surface area (Å²) in [5.41, 5.74) is 34.3. The molecule has 0 heterocycles. The van der Waals surface area contributed by atoms with Crippen LogP contribution in [-0.2, 0) is 0 Å². The van der Waals surface area contributed by atoms with E-state index in [2.05, 4.69) is 473 Å². The third-order valence-electron chi connectivity index (χ3n) is 24.8. The van der Waals surface area contributed by atoms with Crippen LogP contribution < -0.4 is 0 Å². The first kappa shape index (κ1) is 71.0. The van der Waals surface area contributed by atoms with Gasteiger partial charge in [0.05, 0.1) is 0 Å². The highest BCUT2D eigenvalue weighted by molar-refractivity contribution is 6.32. The molecule has 0 radical (unpaired) electrons. The Labute approximate surface area is 699 Å². The summed E-state index contributed by atoms with van der Waals surface area (Å²) < 4.78 is 0. The molecule has 0 aliphatic rings. The molecule has 0 saturated heterocycles. The quantitative estimate of drug-likeness (QED) is 0.0952. The van der Waals surface area contributed by atoms with Crippen molar-refractivity contribution in [2.75, 3.05) is 0 Å². The predicted molar refractivity (Wildman–Crippen MR) is 514 cm³/mol. The Hall–Kier alpha value is -15.6. The molecule has 558 valence electrons. The summed E-state index contributed by atoms with van der Waals surface area (Å²) >= 11 is 0. The molecule has 0 atom stereocenters. The van der Waals surface area contributed by atoms with Gasteiger partial charge < -0.3 is 0 Å². The second-order valence-corrected chi connectivity index (χ2v) is 31.5. The van der Waals surface area contributed by atoms with Gasteiger partial charge in [0.25, 0.3) is 0 Å². The Morgan fingerprint density at radius 1 is 0.0833 bits per heavy atom. The average molecular weight is 1520 g/mol. The molecule has 23 rings (SSSR count). The van der Waals surface area contributed by atoms with Gasteiger partial charge in [-0.3, -0.25) is 0 Å². The van der Waals surface area contributed by atoms with Crippen molar-refractivity contribution in [3.8, 4) is 156 Å². The lowest BCUT2D eigenvalue weighted by molar-refractivity contribution is 1.58. The number of rotatable bonds is 14. The maximum atomic E-state index is 2.46. The lowest BCUT2D eigenvalue weighted by Crippen LogP contribution is -1.94. The zero-order chi connectivity index (χ0) is 79.4. The molecule has 0 unspecified atom stereocenters. The molecule has 0 aliphatic heterocycles. The minimum absolute atomic E-state index is 1.20. The van der Waals surface area contributed by atoms with Gasteiger partial charge in [-0.1, -0.05) is 455 Å². The third-order valence-corrected chi connectivity index (χ3v) is 24.8. The fourth-order valence-electron chi connectivity index (χ4n) is 18.9. The molecule has 0 aliphatic carbocycles. The van der Waals surface area contributed by atoms with E-state index in [9.17, 15) is 0 Å². The van der Waals surface area contributed by atoms with Crippen molar-refractivity contribution in [1.82, 2.24) is 0 Å². The van der Waals surface area contributed by atoms with Gasteiger partial charge >= 0.3 is 0 Å². The highest BCUT2D eigenvalue weighted by Crippen LogP contribution is 2.52. The van der Waals surface area contributed by atoms with Crippen molar-refractivity contribution in [1.29, 1.82) is 0 Å². The standard InChI is InChI=1S/C62H40.C58H38/c1-3-13-41(14-4-1)44-23-28-46(29-24-44)51-19-9-11-21-53(51)55-35-33-48-34-36-58-60(54-22-12-10-20-52(54)47-30-25-45(26-31-47)42-15-5-2-6-16-42)40-59(57-38-37-56(55)61(48)62(57)58)50-32-27-43-17-7-8-18-49(43)39-50;1-4-14-39(15-5-1)41-24-28-44(29-25-41)47-20-10-12-22-49(47)51-34-32-46-33-35-54-56(38-55(43-18-8-3-9-19-43)53-37-36-52(51)57(46)58(53)54)50-23-13-11-21-48(50)45-30-26-42(27-31-45)40-16-6-2-7-17-40/h1-40H;1-38H. The number of hydrogen-bond acceptors (Lipinski definition) is 0. The van der Waals surface area contributed by atoms with Crippen LogP contribution in [0.25, 0.3) is 231 Å². The van der Waals surface area contributed by atoms with Crippen molar-refractivity contribution < 1.29 is 0 Å². The highest BCUT2D eigenvalue weighted by atomic mass is 14.3. The summed E-state index contributed by atoms with van der Waals surface area (Å²) in [6.07, 6.45) is 0. The molecular weight excluding hydrogens is 1440 g/mol. The maximum absolute atomic E-state index is 2.46. The average Bonchev–Trinajstić information content (AvgIpc) is 0.715. The van der Waals surface area contributed by atoms with E-state index in [1.165, 1.54) is 231 Å². The van der Waals surface area contributed by atoms with Crippen molar-refractivity contribution in [3.63, 3.8) is 0 Å².